The predicted octanol–water partition coefficient (Wildman–Crippen LogP) is 0.964. The van der Waals surface area contributed by atoms with E-state index >= 15 is 0 Å². The molecule has 2 aromatic carbocycles. The van der Waals surface area contributed by atoms with Crippen LogP contribution in [0.4, 0.5) is 4.39 Å². The lowest BCUT2D eigenvalue weighted by molar-refractivity contribution is -0.147. The topological polar surface area (TPSA) is 102 Å². The van der Waals surface area contributed by atoms with E-state index in [1.54, 1.807) is 24.3 Å². The van der Waals surface area contributed by atoms with Crippen molar-refractivity contribution in [1.82, 2.24) is 10.0 Å². The van der Waals surface area contributed by atoms with Gasteiger partial charge in [-0.15, -0.1) is 0 Å². The molecule has 0 atom stereocenters. The predicted molar refractivity (Wildman–Crippen MR) is 90.8 cm³/mol. The van der Waals surface area contributed by atoms with E-state index in [0.29, 0.717) is 5.56 Å². The van der Waals surface area contributed by atoms with Crippen molar-refractivity contribution in [2.24, 2.45) is 0 Å². The highest BCUT2D eigenvalue weighted by molar-refractivity contribution is 7.89. The van der Waals surface area contributed by atoms with E-state index in [2.05, 4.69) is 14.8 Å². The molecule has 0 saturated heterocycles. The number of halogens is 1. The first kappa shape index (κ1) is 19.5. The Morgan fingerprint density at radius 1 is 1.00 bits per heavy atom. The summed E-state index contributed by atoms with van der Waals surface area (Å²) in [7, 11) is -3.84. The van der Waals surface area contributed by atoms with Crippen molar-refractivity contribution in [3.8, 4) is 0 Å². The number of hydrogen-bond acceptors (Lipinski definition) is 5. The summed E-state index contributed by atoms with van der Waals surface area (Å²) < 4.78 is 44.0. The lowest BCUT2D eigenvalue weighted by atomic mass is 10.2. The van der Waals surface area contributed by atoms with Gasteiger partial charge in [-0.3, -0.25) is 9.59 Å². The van der Waals surface area contributed by atoms with Crippen LogP contribution in [0.15, 0.2) is 59.5 Å². The summed E-state index contributed by atoms with van der Waals surface area (Å²) in [6.45, 7) is -1.26. The van der Waals surface area contributed by atoms with Gasteiger partial charge >= 0.3 is 5.97 Å². The average molecular weight is 380 g/mol. The van der Waals surface area contributed by atoms with Gasteiger partial charge in [0.15, 0.2) is 6.61 Å². The van der Waals surface area contributed by atoms with E-state index in [4.69, 9.17) is 0 Å². The Kier molecular flexibility index (Phi) is 6.81. The van der Waals surface area contributed by atoms with Crippen molar-refractivity contribution < 1.29 is 27.1 Å². The summed E-state index contributed by atoms with van der Waals surface area (Å²) >= 11 is 0. The maximum absolute atomic E-state index is 13.4. The molecule has 0 unspecified atom stereocenters. The highest BCUT2D eigenvalue weighted by atomic mass is 32.2. The molecular weight excluding hydrogens is 363 g/mol. The molecule has 26 heavy (non-hydrogen) atoms. The van der Waals surface area contributed by atoms with Gasteiger partial charge in [-0.05, 0) is 18.2 Å². The molecular formula is C17H17FN2O5S. The van der Waals surface area contributed by atoms with Crippen LogP contribution in [0.3, 0.4) is 0 Å². The number of esters is 1. The van der Waals surface area contributed by atoms with Gasteiger partial charge in [0.1, 0.15) is 12.4 Å². The van der Waals surface area contributed by atoms with Crippen LogP contribution in [0.25, 0.3) is 0 Å². The van der Waals surface area contributed by atoms with Gasteiger partial charge in [-0.2, -0.15) is 4.72 Å². The normalized spacial score (nSPS) is 11.0. The van der Waals surface area contributed by atoms with E-state index < -0.39 is 40.9 Å². The van der Waals surface area contributed by atoms with Crippen LogP contribution < -0.4 is 10.0 Å². The van der Waals surface area contributed by atoms with Crippen LogP contribution >= 0.6 is 0 Å². The highest BCUT2D eigenvalue weighted by Gasteiger charge is 2.16. The smallest absolute Gasteiger partial charge is 0.321 e. The number of ether oxygens (including phenoxy) is 1. The second-order valence-electron chi connectivity index (χ2n) is 5.17. The number of nitrogens with one attached hydrogen (secondary N) is 2. The Bertz CT molecular complexity index is 872. The molecule has 2 aromatic rings. The number of hydrogen-bond donors (Lipinski definition) is 2. The van der Waals surface area contributed by atoms with Crippen LogP contribution in [-0.4, -0.2) is 33.4 Å². The summed E-state index contributed by atoms with van der Waals surface area (Å²) in [6.07, 6.45) is 0. The summed E-state index contributed by atoms with van der Waals surface area (Å²) in [5.74, 6) is -2.00. The van der Waals surface area contributed by atoms with Gasteiger partial charge in [0.05, 0.1) is 4.90 Å². The number of amides is 1. The Morgan fingerprint density at radius 2 is 1.65 bits per heavy atom. The number of carbonyl (C=O) groups excluding carboxylic acids is 2. The Balaban J connectivity index is 1.73. The zero-order valence-corrected chi connectivity index (χ0v) is 14.5. The summed E-state index contributed by atoms with van der Waals surface area (Å²) in [5, 5.41) is 2.40. The third kappa shape index (κ3) is 5.94. The molecule has 0 heterocycles. The van der Waals surface area contributed by atoms with Gasteiger partial charge in [0.25, 0.3) is 5.91 Å². The summed E-state index contributed by atoms with van der Waals surface area (Å²) in [5.41, 5.74) is 0.294. The first-order valence-corrected chi connectivity index (χ1v) is 9.07. The van der Waals surface area contributed by atoms with Crippen LogP contribution in [0, 0.1) is 5.82 Å². The number of benzene rings is 2. The molecule has 1 amide bonds. The standard InChI is InChI=1S/C17H17FN2O5S/c18-15-9-5-4-6-13(15)10-19-16(21)12-25-17(22)11-20-26(23,24)14-7-2-1-3-8-14/h1-9,20H,10-12H2,(H,19,21). The van der Waals surface area contributed by atoms with Crippen LogP contribution in [0.2, 0.25) is 0 Å². The monoisotopic (exact) mass is 380 g/mol. The van der Waals surface area contributed by atoms with Crippen LogP contribution in [-0.2, 0) is 30.9 Å². The zero-order chi connectivity index (χ0) is 19.0. The van der Waals surface area contributed by atoms with Crippen LogP contribution in [0.5, 0.6) is 0 Å². The van der Waals surface area contributed by atoms with Crippen molar-refractivity contribution in [3.05, 3.63) is 66.0 Å². The molecule has 0 bridgehead atoms. The Hall–Kier alpha value is -2.78. The molecule has 0 aliphatic rings. The van der Waals surface area contributed by atoms with Crippen molar-refractivity contribution in [2.45, 2.75) is 11.4 Å². The first-order chi connectivity index (χ1) is 12.4. The molecule has 0 aliphatic carbocycles. The summed E-state index contributed by atoms with van der Waals surface area (Å²) in [6, 6.07) is 13.4. The lowest BCUT2D eigenvalue weighted by Gasteiger charge is -2.08. The SMILES string of the molecule is O=C(COC(=O)CNS(=O)(=O)c1ccccc1)NCc1ccccc1F. The lowest BCUT2D eigenvalue weighted by Crippen LogP contribution is -2.33. The molecule has 0 aliphatic heterocycles. The molecule has 0 fully saturated rings. The van der Waals surface area contributed by atoms with E-state index in [1.807, 2.05) is 0 Å². The maximum atomic E-state index is 13.4. The second-order valence-corrected chi connectivity index (χ2v) is 6.93. The van der Waals surface area contributed by atoms with E-state index in [9.17, 15) is 22.4 Å². The average Bonchev–Trinajstić information content (AvgIpc) is 2.65. The largest absolute Gasteiger partial charge is 0.455 e. The maximum Gasteiger partial charge on any atom is 0.321 e. The molecule has 9 heteroatoms. The molecule has 0 radical (unpaired) electrons. The van der Waals surface area contributed by atoms with Gasteiger partial charge in [-0.1, -0.05) is 36.4 Å². The van der Waals surface area contributed by atoms with Crippen LogP contribution in [0.1, 0.15) is 5.56 Å². The third-order valence-corrected chi connectivity index (χ3v) is 4.68. The minimum atomic E-state index is -3.84. The quantitative estimate of drug-likeness (QED) is 0.665. The fraction of sp³-hybridized carbons (Fsp3) is 0.176. The molecule has 2 rings (SSSR count). The van der Waals surface area contributed by atoms with Gasteiger partial charge in [0, 0.05) is 12.1 Å². The fourth-order valence-corrected chi connectivity index (χ4v) is 2.91. The molecule has 2 N–H and O–H groups in total. The fourth-order valence-electron chi connectivity index (χ4n) is 1.92. The Labute approximate surface area is 150 Å². The van der Waals surface area contributed by atoms with Gasteiger partial charge in [-0.25, -0.2) is 12.8 Å². The number of sulfonamides is 1. The summed E-state index contributed by atoms with van der Waals surface area (Å²) in [4.78, 5) is 23.2. The van der Waals surface area contributed by atoms with Crippen molar-refractivity contribution in [1.29, 1.82) is 0 Å². The molecule has 0 aromatic heterocycles. The molecule has 0 spiro atoms. The molecule has 138 valence electrons. The van der Waals surface area contributed by atoms with Crippen molar-refractivity contribution >= 4 is 21.9 Å². The van der Waals surface area contributed by atoms with Crippen molar-refractivity contribution in [2.75, 3.05) is 13.2 Å². The van der Waals surface area contributed by atoms with E-state index in [1.165, 1.54) is 30.3 Å². The van der Waals surface area contributed by atoms with E-state index in [-0.39, 0.29) is 11.4 Å². The van der Waals surface area contributed by atoms with Gasteiger partial charge in [0.2, 0.25) is 10.0 Å². The van der Waals surface area contributed by atoms with Gasteiger partial charge < -0.3 is 10.1 Å². The zero-order valence-electron chi connectivity index (χ0n) is 13.6. The number of carbonyl (C=O) groups is 2. The highest BCUT2D eigenvalue weighted by Crippen LogP contribution is 2.07. The first-order valence-electron chi connectivity index (χ1n) is 7.59. The second kappa shape index (κ2) is 9.07. The molecule has 0 saturated carbocycles. The number of rotatable bonds is 8. The van der Waals surface area contributed by atoms with E-state index in [0.717, 1.165) is 0 Å². The third-order valence-electron chi connectivity index (χ3n) is 3.26. The Morgan fingerprint density at radius 3 is 2.35 bits per heavy atom. The minimum Gasteiger partial charge on any atom is -0.455 e. The minimum absolute atomic E-state index is 0.00966. The van der Waals surface area contributed by atoms with Crippen molar-refractivity contribution in [3.63, 3.8) is 0 Å². The molecule has 7 nitrogen and oxygen atoms in total.